The lowest BCUT2D eigenvalue weighted by atomic mass is 10.2. The largest absolute Gasteiger partial charge is 0.491 e. The lowest BCUT2D eigenvalue weighted by Crippen LogP contribution is -2.37. The highest BCUT2D eigenvalue weighted by molar-refractivity contribution is 7.71. The predicted molar refractivity (Wildman–Crippen MR) is 85.2 cm³/mol. The molecule has 0 aliphatic rings. The summed E-state index contributed by atoms with van der Waals surface area (Å²) in [6.45, 7) is 4.32. The van der Waals surface area contributed by atoms with E-state index in [4.69, 9.17) is 17.0 Å². The molecule has 0 saturated carbocycles. The highest BCUT2D eigenvalue weighted by Crippen LogP contribution is 2.11. The molecule has 5 heteroatoms. The van der Waals surface area contributed by atoms with Gasteiger partial charge in [-0.15, -0.1) is 0 Å². The first-order valence-electron chi connectivity index (χ1n) is 6.74. The van der Waals surface area contributed by atoms with Crippen molar-refractivity contribution < 1.29 is 9.53 Å². The fraction of sp³-hybridized carbons (Fsp3) is 0.250. The molecule has 0 fully saturated rings. The minimum atomic E-state index is -0.197. The van der Waals surface area contributed by atoms with Gasteiger partial charge >= 0.3 is 0 Å². The van der Waals surface area contributed by atoms with Crippen LogP contribution in [0.1, 0.15) is 22.8 Å². The summed E-state index contributed by atoms with van der Waals surface area (Å²) in [5.74, 6) is 0.593. The second-order valence-corrected chi connectivity index (χ2v) is 5.32. The molecule has 0 radical (unpaired) electrons. The zero-order valence-corrected chi connectivity index (χ0v) is 12.9. The molecule has 1 amide bonds. The van der Waals surface area contributed by atoms with Crippen LogP contribution in [0.3, 0.4) is 0 Å². The third-order valence-corrected chi connectivity index (χ3v) is 3.30. The second kappa shape index (κ2) is 7.04. The number of amides is 1. The first-order chi connectivity index (χ1) is 10.1. The highest BCUT2D eigenvalue weighted by atomic mass is 32.1. The fourth-order valence-electron chi connectivity index (χ4n) is 1.80. The van der Waals surface area contributed by atoms with Crippen molar-refractivity contribution in [3.05, 3.63) is 58.4 Å². The van der Waals surface area contributed by atoms with Crippen molar-refractivity contribution >= 4 is 18.1 Å². The smallest absolute Gasteiger partial charge is 0.254 e. The summed E-state index contributed by atoms with van der Waals surface area (Å²) in [6.07, 6.45) is 1.70. The van der Waals surface area contributed by atoms with Gasteiger partial charge in [0.05, 0.1) is 11.6 Å². The first kappa shape index (κ1) is 15.3. The Morgan fingerprint density at radius 2 is 2.05 bits per heavy atom. The summed E-state index contributed by atoms with van der Waals surface area (Å²) < 4.78 is 6.07. The van der Waals surface area contributed by atoms with Crippen LogP contribution in [0.2, 0.25) is 0 Å². The highest BCUT2D eigenvalue weighted by Gasteiger charge is 2.11. The summed E-state index contributed by atoms with van der Waals surface area (Å²) in [6, 6.07) is 11.1. The van der Waals surface area contributed by atoms with Crippen LogP contribution in [0.5, 0.6) is 5.75 Å². The quantitative estimate of drug-likeness (QED) is 0.834. The van der Waals surface area contributed by atoms with E-state index in [9.17, 15) is 4.79 Å². The SMILES string of the molecule is Cc1ccc(OC[C@@H](C)NC(=O)c2ccc[nH]c2=S)cc1. The number of hydrogen-bond acceptors (Lipinski definition) is 3. The zero-order valence-electron chi connectivity index (χ0n) is 12.1. The van der Waals surface area contributed by atoms with E-state index in [1.807, 2.05) is 38.1 Å². The molecule has 0 aliphatic heterocycles. The molecule has 2 N–H and O–H groups in total. The van der Waals surface area contributed by atoms with E-state index in [0.717, 1.165) is 5.75 Å². The lowest BCUT2D eigenvalue weighted by molar-refractivity contribution is 0.0926. The van der Waals surface area contributed by atoms with Crippen LogP contribution in [0, 0.1) is 11.6 Å². The third-order valence-electron chi connectivity index (χ3n) is 2.96. The van der Waals surface area contributed by atoms with E-state index < -0.39 is 0 Å². The summed E-state index contributed by atoms with van der Waals surface area (Å²) in [5.41, 5.74) is 1.65. The van der Waals surface area contributed by atoms with E-state index in [2.05, 4.69) is 10.3 Å². The van der Waals surface area contributed by atoms with Crippen LogP contribution < -0.4 is 10.1 Å². The molecule has 0 spiro atoms. The Kier molecular flexibility index (Phi) is 5.11. The molecule has 1 heterocycles. The van der Waals surface area contributed by atoms with Gasteiger partial charge in [0.2, 0.25) is 0 Å². The Labute approximate surface area is 129 Å². The Bertz CT molecular complexity index is 664. The molecule has 2 aromatic rings. The molecule has 2 rings (SSSR count). The van der Waals surface area contributed by atoms with Crippen LogP contribution in [0.4, 0.5) is 0 Å². The summed E-state index contributed by atoms with van der Waals surface area (Å²) in [4.78, 5) is 14.9. The van der Waals surface area contributed by atoms with Gasteiger partial charge in [-0.05, 0) is 38.1 Å². The maximum atomic E-state index is 12.1. The molecule has 1 aromatic heterocycles. The molecule has 1 aromatic carbocycles. The Morgan fingerprint density at radius 3 is 2.71 bits per heavy atom. The Balaban J connectivity index is 1.88. The molecule has 1 atom stereocenters. The number of carbonyl (C=O) groups is 1. The minimum Gasteiger partial charge on any atom is -0.491 e. The van der Waals surface area contributed by atoms with Gasteiger partial charge in [-0.25, -0.2) is 0 Å². The number of pyridine rings is 1. The van der Waals surface area contributed by atoms with Crippen molar-refractivity contribution in [1.82, 2.24) is 10.3 Å². The molecule has 4 nitrogen and oxygen atoms in total. The van der Waals surface area contributed by atoms with Gasteiger partial charge < -0.3 is 15.0 Å². The number of aromatic amines is 1. The summed E-state index contributed by atoms with van der Waals surface area (Å²) in [5, 5.41) is 2.87. The molecule has 0 aliphatic carbocycles. The van der Waals surface area contributed by atoms with Gasteiger partial charge in [0.25, 0.3) is 5.91 Å². The molecule has 0 saturated heterocycles. The van der Waals surface area contributed by atoms with Crippen molar-refractivity contribution in [2.24, 2.45) is 0 Å². The average Bonchev–Trinajstić information content (AvgIpc) is 2.47. The minimum absolute atomic E-state index is 0.117. The van der Waals surface area contributed by atoms with E-state index in [0.29, 0.717) is 16.8 Å². The van der Waals surface area contributed by atoms with Crippen LogP contribution in [0.15, 0.2) is 42.6 Å². The van der Waals surface area contributed by atoms with E-state index in [1.54, 1.807) is 18.3 Å². The van der Waals surface area contributed by atoms with E-state index >= 15 is 0 Å². The van der Waals surface area contributed by atoms with Crippen LogP contribution in [-0.4, -0.2) is 23.5 Å². The molecule has 110 valence electrons. The van der Waals surface area contributed by atoms with Crippen molar-refractivity contribution in [1.29, 1.82) is 0 Å². The number of nitrogens with one attached hydrogen (secondary N) is 2. The van der Waals surface area contributed by atoms with Gasteiger partial charge in [-0.2, -0.15) is 0 Å². The number of carbonyl (C=O) groups excluding carboxylic acids is 1. The van der Waals surface area contributed by atoms with Gasteiger partial charge in [0.15, 0.2) is 0 Å². The van der Waals surface area contributed by atoms with E-state index in [1.165, 1.54) is 5.56 Å². The average molecular weight is 302 g/mol. The molecule has 0 unspecified atom stereocenters. The molecular formula is C16H18N2O2S. The number of rotatable bonds is 5. The molecule has 21 heavy (non-hydrogen) atoms. The second-order valence-electron chi connectivity index (χ2n) is 4.91. The normalized spacial score (nSPS) is 11.7. The maximum absolute atomic E-state index is 12.1. The zero-order chi connectivity index (χ0) is 15.2. The monoisotopic (exact) mass is 302 g/mol. The van der Waals surface area contributed by atoms with Crippen LogP contribution in [-0.2, 0) is 0 Å². The van der Waals surface area contributed by atoms with Crippen LogP contribution >= 0.6 is 12.2 Å². The maximum Gasteiger partial charge on any atom is 0.254 e. The molecular weight excluding hydrogens is 284 g/mol. The number of aryl methyl sites for hydroxylation is 1. The Hall–Kier alpha value is -2.14. The molecule has 0 bridgehead atoms. The lowest BCUT2D eigenvalue weighted by Gasteiger charge is -2.15. The Morgan fingerprint density at radius 1 is 1.33 bits per heavy atom. The standard InChI is InChI=1S/C16H18N2O2S/c1-11-5-7-13(8-6-11)20-10-12(2)18-15(19)14-4-3-9-17-16(14)21/h3-9,12H,10H2,1-2H3,(H,17,21)(H,18,19)/t12-/m1/s1. The first-order valence-corrected chi connectivity index (χ1v) is 7.15. The van der Waals surface area contributed by atoms with Crippen molar-refractivity contribution in [3.63, 3.8) is 0 Å². The van der Waals surface area contributed by atoms with Crippen molar-refractivity contribution in [3.8, 4) is 5.75 Å². The van der Waals surface area contributed by atoms with Gasteiger partial charge in [-0.1, -0.05) is 29.9 Å². The fourth-order valence-corrected chi connectivity index (χ4v) is 2.03. The van der Waals surface area contributed by atoms with Crippen LogP contribution in [0.25, 0.3) is 0 Å². The summed E-state index contributed by atoms with van der Waals surface area (Å²) in [7, 11) is 0. The number of ether oxygens (including phenoxy) is 1. The van der Waals surface area contributed by atoms with Gasteiger partial charge in [0, 0.05) is 6.20 Å². The summed E-state index contributed by atoms with van der Waals surface area (Å²) >= 11 is 5.09. The number of H-pyrrole nitrogens is 1. The van der Waals surface area contributed by atoms with Gasteiger partial charge in [-0.3, -0.25) is 4.79 Å². The number of benzene rings is 1. The predicted octanol–water partition coefficient (Wildman–Crippen LogP) is 3.25. The number of hydrogen-bond donors (Lipinski definition) is 2. The van der Waals surface area contributed by atoms with Crippen molar-refractivity contribution in [2.45, 2.75) is 19.9 Å². The topological polar surface area (TPSA) is 54.1 Å². The van der Waals surface area contributed by atoms with Crippen molar-refractivity contribution in [2.75, 3.05) is 6.61 Å². The van der Waals surface area contributed by atoms with Gasteiger partial charge in [0.1, 0.15) is 17.0 Å². The number of aromatic nitrogens is 1. The third kappa shape index (κ3) is 4.43. The van der Waals surface area contributed by atoms with E-state index in [-0.39, 0.29) is 11.9 Å².